The molecule has 0 saturated carbocycles. The highest BCUT2D eigenvalue weighted by molar-refractivity contribution is 9.10. The Balaban J connectivity index is 2.14. The zero-order chi connectivity index (χ0) is 10.8. The van der Waals surface area contributed by atoms with Gasteiger partial charge in [0.2, 0.25) is 0 Å². The van der Waals surface area contributed by atoms with Gasteiger partial charge in [-0.2, -0.15) is 0 Å². The molecule has 0 amide bonds. The molecule has 0 spiro atoms. The molecule has 15 heavy (non-hydrogen) atoms. The molecule has 0 bridgehead atoms. The van der Waals surface area contributed by atoms with Gasteiger partial charge < -0.3 is 9.84 Å². The maximum atomic E-state index is 9.03. The van der Waals surface area contributed by atoms with Crippen LogP contribution in [0.15, 0.2) is 28.7 Å². The first-order valence-corrected chi connectivity index (χ1v) is 5.72. The van der Waals surface area contributed by atoms with Gasteiger partial charge in [-0.3, -0.25) is 4.90 Å². The summed E-state index contributed by atoms with van der Waals surface area (Å²) in [5.74, 6) is 0. The van der Waals surface area contributed by atoms with Gasteiger partial charge in [-0.15, -0.1) is 0 Å². The van der Waals surface area contributed by atoms with Crippen molar-refractivity contribution in [3.8, 4) is 0 Å². The first kappa shape index (κ1) is 11.1. The van der Waals surface area contributed by atoms with E-state index < -0.39 is 0 Å². The number of aliphatic hydroxyl groups excluding tert-OH is 1. The Morgan fingerprint density at radius 1 is 1.47 bits per heavy atom. The molecule has 1 saturated heterocycles. The second kappa shape index (κ2) is 4.61. The molecule has 2 atom stereocenters. The van der Waals surface area contributed by atoms with E-state index in [1.807, 2.05) is 31.3 Å². The maximum absolute atomic E-state index is 9.03. The van der Waals surface area contributed by atoms with E-state index in [0.29, 0.717) is 0 Å². The molecule has 3 nitrogen and oxygen atoms in total. The monoisotopic (exact) mass is 271 g/mol. The quantitative estimate of drug-likeness (QED) is 0.890. The van der Waals surface area contributed by atoms with Gasteiger partial charge in [0.15, 0.2) is 0 Å². The van der Waals surface area contributed by atoms with Crippen LogP contribution in [-0.2, 0) is 4.74 Å². The molecular formula is C11H14BrNO2. The SMILES string of the molecule is CN1CC(CO)OC1c1ccc(Br)cc1. The molecule has 1 aliphatic heterocycles. The van der Waals surface area contributed by atoms with Crippen LogP contribution in [0, 0.1) is 0 Å². The summed E-state index contributed by atoms with van der Waals surface area (Å²) in [6.07, 6.45) is -0.0982. The predicted octanol–water partition coefficient (Wildman–Crippen LogP) is 1.77. The van der Waals surface area contributed by atoms with Crippen LogP contribution in [0.25, 0.3) is 0 Å². The third kappa shape index (κ3) is 2.39. The van der Waals surface area contributed by atoms with E-state index in [1.165, 1.54) is 0 Å². The van der Waals surface area contributed by atoms with Gasteiger partial charge in [0.25, 0.3) is 0 Å². The Bertz CT molecular complexity index is 328. The summed E-state index contributed by atoms with van der Waals surface area (Å²) in [6.45, 7) is 0.856. The van der Waals surface area contributed by atoms with E-state index in [0.717, 1.165) is 16.6 Å². The number of rotatable bonds is 2. The van der Waals surface area contributed by atoms with Gasteiger partial charge in [0, 0.05) is 11.0 Å². The zero-order valence-corrected chi connectivity index (χ0v) is 10.1. The topological polar surface area (TPSA) is 32.7 Å². The molecule has 1 N–H and O–H groups in total. The minimum absolute atomic E-state index is 0.0322. The number of benzene rings is 1. The maximum Gasteiger partial charge on any atom is 0.137 e. The molecule has 1 aliphatic rings. The van der Waals surface area contributed by atoms with E-state index in [4.69, 9.17) is 9.84 Å². The van der Waals surface area contributed by atoms with Crippen LogP contribution in [0.5, 0.6) is 0 Å². The number of nitrogens with zero attached hydrogens (tertiary/aromatic N) is 1. The molecule has 82 valence electrons. The van der Waals surface area contributed by atoms with Gasteiger partial charge in [-0.05, 0) is 24.7 Å². The molecule has 1 heterocycles. The molecule has 0 aliphatic carbocycles. The summed E-state index contributed by atoms with van der Waals surface area (Å²) in [5.41, 5.74) is 1.12. The molecule has 1 fully saturated rings. The summed E-state index contributed by atoms with van der Waals surface area (Å²) >= 11 is 3.40. The average Bonchev–Trinajstić information content (AvgIpc) is 2.61. The smallest absolute Gasteiger partial charge is 0.137 e. The number of hydrogen-bond acceptors (Lipinski definition) is 3. The minimum Gasteiger partial charge on any atom is -0.394 e. The van der Waals surface area contributed by atoms with Crippen LogP contribution < -0.4 is 0 Å². The van der Waals surface area contributed by atoms with Crippen molar-refractivity contribution in [2.45, 2.75) is 12.3 Å². The van der Waals surface area contributed by atoms with Crippen molar-refractivity contribution in [2.24, 2.45) is 0 Å². The summed E-state index contributed by atoms with van der Waals surface area (Å²) in [5, 5.41) is 9.03. The molecule has 0 radical (unpaired) electrons. The number of ether oxygens (including phenoxy) is 1. The third-order valence-corrected chi connectivity index (χ3v) is 3.10. The molecule has 1 aromatic carbocycles. The summed E-state index contributed by atoms with van der Waals surface area (Å²) < 4.78 is 6.77. The summed E-state index contributed by atoms with van der Waals surface area (Å²) in [4.78, 5) is 2.10. The Hall–Kier alpha value is -0.420. The highest BCUT2D eigenvalue weighted by Crippen LogP contribution is 2.29. The standard InChI is InChI=1S/C11H14BrNO2/c1-13-6-10(7-14)15-11(13)8-2-4-9(12)5-3-8/h2-5,10-11,14H,6-7H2,1H3. The van der Waals surface area contributed by atoms with E-state index in [9.17, 15) is 0 Å². The lowest BCUT2D eigenvalue weighted by Gasteiger charge is -2.18. The van der Waals surface area contributed by atoms with Crippen molar-refractivity contribution in [1.82, 2.24) is 4.90 Å². The van der Waals surface area contributed by atoms with Gasteiger partial charge >= 0.3 is 0 Å². The zero-order valence-electron chi connectivity index (χ0n) is 8.56. The van der Waals surface area contributed by atoms with E-state index in [2.05, 4.69) is 20.8 Å². The molecule has 2 unspecified atom stereocenters. The normalized spacial score (nSPS) is 27.1. The summed E-state index contributed by atoms with van der Waals surface area (Å²) in [6, 6.07) is 8.06. The lowest BCUT2D eigenvalue weighted by Crippen LogP contribution is -2.20. The van der Waals surface area contributed by atoms with Gasteiger partial charge in [-0.1, -0.05) is 28.1 Å². The van der Waals surface area contributed by atoms with Crippen molar-refractivity contribution in [1.29, 1.82) is 0 Å². The Kier molecular flexibility index (Phi) is 3.41. The average molecular weight is 272 g/mol. The molecular weight excluding hydrogens is 258 g/mol. The van der Waals surface area contributed by atoms with Gasteiger partial charge in [-0.25, -0.2) is 0 Å². The number of likely N-dealkylation sites (N-methyl/N-ethyl adjacent to an activating group) is 1. The van der Waals surface area contributed by atoms with Crippen molar-refractivity contribution in [3.05, 3.63) is 34.3 Å². The molecule has 1 aromatic rings. The fourth-order valence-electron chi connectivity index (χ4n) is 1.81. The van der Waals surface area contributed by atoms with Gasteiger partial charge in [0.1, 0.15) is 6.23 Å². The van der Waals surface area contributed by atoms with E-state index in [1.54, 1.807) is 0 Å². The fraction of sp³-hybridized carbons (Fsp3) is 0.455. The number of aliphatic hydroxyl groups is 1. The molecule has 0 aromatic heterocycles. The predicted molar refractivity (Wildman–Crippen MR) is 61.5 cm³/mol. The van der Waals surface area contributed by atoms with Crippen LogP contribution in [-0.4, -0.2) is 36.3 Å². The molecule has 2 rings (SSSR count). The minimum atomic E-state index is -0.0661. The highest BCUT2D eigenvalue weighted by atomic mass is 79.9. The van der Waals surface area contributed by atoms with E-state index in [-0.39, 0.29) is 18.9 Å². The van der Waals surface area contributed by atoms with Crippen molar-refractivity contribution in [3.63, 3.8) is 0 Å². The van der Waals surface area contributed by atoms with Crippen molar-refractivity contribution < 1.29 is 9.84 Å². The number of halogens is 1. The van der Waals surface area contributed by atoms with Crippen LogP contribution >= 0.6 is 15.9 Å². The Morgan fingerprint density at radius 2 is 2.13 bits per heavy atom. The van der Waals surface area contributed by atoms with Gasteiger partial charge in [0.05, 0.1) is 12.7 Å². The Morgan fingerprint density at radius 3 is 2.67 bits per heavy atom. The lowest BCUT2D eigenvalue weighted by atomic mass is 10.2. The highest BCUT2D eigenvalue weighted by Gasteiger charge is 2.30. The van der Waals surface area contributed by atoms with Crippen LogP contribution in [0.2, 0.25) is 0 Å². The largest absolute Gasteiger partial charge is 0.394 e. The first-order chi connectivity index (χ1) is 7.20. The third-order valence-electron chi connectivity index (χ3n) is 2.57. The van der Waals surface area contributed by atoms with Crippen molar-refractivity contribution >= 4 is 15.9 Å². The van der Waals surface area contributed by atoms with Crippen LogP contribution in [0.3, 0.4) is 0 Å². The molecule has 4 heteroatoms. The van der Waals surface area contributed by atoms with Crippen molar-refractivity contribution in [2.75, 3.05) is 20.2 Å². The second-order valence-corrected chi connectivity index (χ2v) is 4.70. The van der Waals surface area contributed by atoms with Crippen LogP contribution in [0.1, 0.15) is 11.8 Å². The number of hydrogen-bond donors (Lipinski definition) is 1. The lowest BCUT2D eigenvalue weighted by molar-refractivity contribution is -0.0139. The van der Waals surface area contributed by atoms with Crippen LogP contribution in [0.4, 0.5) is 0 Å². The second-order valence-electron chi connectivity index (χ2n) is 3.78. The van der Waals surface area contributed by atoms with E-state index >= 15 is 0 Å². The Labute approximate surface area is 97.8 Å². The fourth-order valence-corrected chi connectivity index (χ4v) is 2.07. The summed E-state index contributed by atoms with van der Waals surface area (Å²) in [7, 11) is 2.00. The first-order valence-electron chi connectivity index (χ1n) is 4.92.